The SMILES string of the molecule is CCN1CC(C(=O)Nc2ccccc2N)CC1=O. The van der Waals surface area contributed by atoms with Crippen molar-refractivity contribution in [2.24, 2.45) is 5.92 Å². The molecule has 1 heterocycles. The van der Waals surface area contributed by atoms with Crippen molar-refractivity contribution in [3.8, 4) is 0 Å². The highest BCUT2D eigenvalue weighted by molar-refractivity contribution is 5.98. The van der Waals surface area contributed by atoms with Crippen LogP contribution in [0, 0.1) is 5.92 Å². The summed E-state index contributed by atoms with van der Waals surface area (Å²) in [5, 5.41) is 2.77. The number of hydrogen-bond donors (Lipinski definition) is 2. The Morgan fingerprint density at radius 1 is 1.50 bits per heavy atom. The quantitative estimate of drug-likeness (QED) is 0.785. The molecule has 0 radical (unpaired) electrons. The van der Waals surface area contributed by atoms with Crippen LogP contribution in [0.1, 0.15) is 13.3 Å². The molecule has 0 saturated carbocycles. The van der Waals surface area contributed by atoms with E-state index in [1.807, 2.05) is 19.1 Å². The van der Waals surface area contributed by atoms with E-state index in [-0.39, 0.29) is 24.2 Å². The van der Waals surface area contributed by atoms with E-state index in [9.17, 15) is 9.59 Å². The van der Waals surface area contributed by atoms with Gasteiger partial charge >= 0.3 is 0 Å². The molecule has 1 fully saturated rings. The van der Waals surface area contributed by atoms with Crippen LogP contribution in [0.4, 0.5) is 11.4 Å². The number of anilines is 2. The number of nitrogen functional groups attached to an aromatic ring is 1. The van der Waals surface area contributed by atoms with E-state index in [0.29, 0.717) is 24.5 Å². The van der Waals surface area contributed by atoms with E-state index >= 15 is 0 Å². The maximum absolute atomic E-state index is 12.0. The first-order valence-corrected chi connectivity index (χ1v) is 6.05. The van der Waals surface area contributed by atoms with Crippen molar-refractivity contribution in [1.82, 2.24) is 4.90 Å². The molecule has 2 amide bonds. The van der Waals surface area contributed by atoms with E-state index in [2.05, 4.69) is 5.32 Å². The lowest BCUT2D eigenvalue weighted by Gasteiger charge is -2.14. The van der Waals surface area contributed by atoms with Crippen LogP contribution >= 0.6 is 0 Å². The lowest BCUT2D eigenvalue weighted by molar-refractivity contribution is -0.128. The number of benzene rings is 1. The van der Waals surface area contributed by atoms with Crippen molar-refractivity contribution in [2.45, 2.75) is 13.3 Å². The number of nitrogens with zero attached hydrogens (tertiary/aromatic N) is 1. The maximum Gasteiger partial charge on any atom is 0.229 e. The van der Waals surface area contributed by atoms with Crippen LogP contribution in [0.15, 0.2) is 24.3 Å². The Kier molecular flexibility index (Phi) is 3.50. The zero-order valence-electron chi connectivity index (χ0n) is 10.3. The van der Waals surface area contributed by atoms with Gasteiger partial charge in [0.15, 0.2) is 0 Å². The normalized spacial score (nSPS) is 19.1. The number of hydrogen-bond acceptors (Lipinski definition) is 3. The fourth-order valence-electron chi connectivity index (χ4n) is 2.10. The number of carbonyl (C=O) groups is 2. The summed E-state index contributed by atoms with van der Waals surface area (Å²) in [6, 6.07) is 7.10. The van der Waals surface area contributed by atoms with Crippen LogP contribution in [-0.4, -0.2) is 29.8 Å². The Morgan fingerprint density at radius 2 is 2.22 bits per heavy atom. The topological polar surface area (TPSA) is 75.4 Å². The Bertz CT molecular complexity index is 473. The van der Waals surface area contributed by atoms with Gasteiger partial charge in [0.25, 0.3) is 0 Å². The predicted octanol–water partition coefficient (Wildman–Crippen LogP) is 1.08. The molecule has 1 unspecified atom stereocenters. The Balaban J connectivity index is 2.02. The second-order valence-corrected chi connectivity index (χ2v) is 4.41. The second-order valence-electron chi connectivity index (χ2n) is 4.41. The fraction of sp³-hybridized carbons (Fsp3) is 0.385. The predicted molar refractivity (Wildman–Crippen MR) is 69.8 cm³/mol. The molecule has 1 aromatic carbocycles. The van der Waals surface area contributed by atoms with Crippen LogP contribution in [-0.2, 0) is 9.59 Å². The Labute approximate surface area is 106 Å². The molecule has 1 saturated heterocycles. The van der Waals surface area contributed by atoms with Crippen LogP contribution in [0.5, 0.6) is 0 Å². The van der Waals surface area contributed by atoms with Gasteiger partial charge in [0.05, 0.1) is 17.3 Å². The molecular weight excluding hydrogens is 230 g/mol. The zero-order valence-corrected chi connectivity index (χ0v) is 10.3. The van der Waals surface area contributed by atoms with Crippen molar-refractivity contribution in [2.75, 3.05) is 24.1 Å². The largest absolute Gasteiger partial charge is 0.397 e. The number of amides is 2. The van der Waals surface area contributed by atoms with Crippen LogP contribution in [0.25, 0.3) is 0 Å². The van der Waals surface area contributed by atoms with Gasteiger partial charge in [0.2, 0.25) is 11.8 Å². The lowest BCUT2D eigenvalue weighted by atomic mass is 10.1. The zero-order chi connectivity index (χ0) is 13.1. The minimum atomic E-state index is -0.281. The monoisotopic (exact) mass is 247 g/mol. The third-order valence-electron chi connectivity index (χ3n) is 3.19. The first-order chi connectivity index (χ1) is 8.61. The fourth-order valence-corrected chi connectivity index (χ4v) is 2.10. The summed E-state index contributed by atoms with van der Waals surface area (Å²) in [7, 11) is 0. The molecule has 0 aromatic heterocycles. The molecule has 0 spiro atoms. The average molecular weight is 247 g/mol. The van der Waals surface area contributed by atoms with Gasteiger partial charge in [-0.15, -0.1) is 0 Å². The smallest absolute Gasteiger partial charge is 0.229 e. The molecule has 1 aliphatic heterocycles. The van der Waals surface area contributed by atoms with Crippen LogP contribution < -0.4 is 11.1 Å². The Morgan fingerprint density at radius 3 is 2.83 bits per heavy atom. The molecule has 1 atom stereocenters. The first kappa shape index (κ1) is 12.4. The second kappa shape index (κ2) is 5.08. The minimum absolute atomic E-state index is 0.0404. The third-order valence-corrected chi connectivity index (χ3v) is 3.19. The molecule has 0 aliphatic carbocycles. The summed E-state index contributed by atoms with van der Waals surface area (Å²) in [5.74, 6) is -0.382. The van der Waals surface area contributed by atoms with Crippen molar-refractivity contribution in [1.29, 1.82) is 0 Å². The Hall–Kier alpha value is -2.04. The maximum atomic E-state index is 12.0. The van der Waals surface area contributed by atoms with Gasteiger partial charge in [-0.3, -0.25) is 9.59 Å². The standard InChI is InChI=1S/C13H17N3O2/c1-2-16-8-9(7-12(16)17)13(18)15-11-6-4-3-5-10(11)14/h3-6,9H,2,7-8,14H2,1H3,(H,15,18). The van der Waals surface area contributed by atoms with Crippen molar-refractivity contribution in [3.05, 3.63) is 24.3 Å². The van der Waals surface area contributed by atoms with E-state index in [0.717, 1.165) is 0 Å². The highest BCUT2D eigenvalue weighted by atomic mass is 16.2. The number of nitrogens with two attached hydrogens (primary N) is 1. The van der Waals surface area contributed by atoms with E-state index in [1.54, 1.807) is 17.0 Å². The van der Waals surface area contributed by atoms with E-state index in [1.165, 1.54) is 0 Å². The highest BCUT2D eigenvalue weighted by Crippen LogP contribution is 2.22. The third kappa shape index (κ3) is 2.45. The summed E-state index contributed by atoms with van der Waals surface area (Å²) in [6.45, 7) is 3.05. The minimum Gasteiger partial charge on any atom is -0.397 e. The van der Waals surface area contributed by atoms with Crippen LogP contribution in [0.2, 0.25) is 0 Å². The molecule has 1 aromatic rings. The van der Waals surface area contributed by atoms with Gasteiger partial charge < -0.3 is 16.0 Å². The van der Waals surface area contributed by atoms with Gasteiger partial charge in [0.1, 0.15) is 0 Å². The van der Waals surface area contributed by atoms with E-state index in [4.69, 9.17) is 5.73 Å². The molecule has 5 nitrogen and oxygen atoms in total. The molecule has 18 heavy (non-hydrogen) atoms. The van der Waals surface area contributed by atoms with E-state index < -0.39 is 0 Å². The molecule has 96 valence electrons. The summed E-state index contributed by atoms with van der Waals surface area (Å²) in [4.78, 5) is 25.3. The van der Waals surface area contributed by atoms with Crippen molar-refractivity contribution in [3.63, 3.8) is 0 Å². The highest BCUT2D eigenvalue weighted by Gasteiger charge is 2.33. The summed E-state index contributed by atoms with van der Waals surface area (Å²) >= 11 is 0. The van der Waals surface area contributed by atoms with Crippen molar-refractivity contribution < 1.29 is 9.59 Å². The number of carbonyl (C=O) groups excluding carboxylic acids is 2. The lowest BCUT2D eigenvalue weighted by Crippen LogP contribution is -2.28. The van der Waals surface area contributed by atoms with Crippen molar-refractivity contribution >= 4 is 23.2 Å². The van der Waals surface area contributed by atoms with Gasteiger partial charge in [0, 0.05) is 19.5 Å². The summed E-state index contributed by atoms with van der Waals surface area (Å²) < 4.78 is 0. The molecule has 5 heteroatoms. The van der Waals surface area contributed by atoms with Gasteiger partial charge in [-0.05, 0) is 19.1 Å². The van der Waals surface area contributed by atoms with Gasteiger partial charge in [-0.25, -0.2) is 0 Å². The molecular formula is C13H17N3O2. The number of nitrogens with one attached hydrogen (secondary N) is 1. The summed E-state index contributed by atoms with van der Waals surface area (Å²) in [5.41, 5.74) is 6.89. The number of likely N-dealkylation sites (tertiary alicyclic amines) is 1. The first-order valence-electron chi connectivity index (χ1n) is 6.05. The number of para-hydroxylation sites is 2. The average Bonchev–Trinajstić information content (AvgIpc) is 2.73. The van der Waals surface area contributed by atoms with Crippen LogP contribution in [0.3, 0.4) is 0 Å². The molecule has 2 rings (SSSR count). The molecule has 0 bridgehead atoms. The molecule has 3 N–H and O–H groups in total. The summed E-state index contributed by atoms with van der Waals surface area (Å²) in [6.07, 6.45) is 0.284. The number of rotatable bonds is 3. The molecule has 1 aliphatic rings. The van der Waals surface area contributed by atoms with Gasteiger partial charge in [-0.1, -0.05) is 12.1 Å². The van der Waals surface area contributed by atoms with Gasteiger partial charge in [-0.2, -0.15) is 0 Å².